The van der Waals surface area contributed by atoms with Crippen molar-refractivity contribution in [1.82, 2.24) is 0 Å². The van der Waals surface area contributed by atoms with E-state index in [0.29, 0.717) is 17.9 Å². The molecule has 1 atom stereocenters. The highest BCUT2D eigenvalue weighted by molar-refractivity contribution is 6.00. The number of para-hydroxylation sites is 1. The topological polar surface area (TPSA) is 52.3 Å². The fourth-order valence-electron chi connectivity index (χ4n) is 1.95. The zero-order valence-corrected chi connectivity index (χ0v) is 10.9. The number of carbonyl (C=O) groups is 1. The number of rotatable bonds is 5. The molecule has 2 aromatic rings. The SMILES string of the molecule is CCOc1ccccc1C(N)C(=O)c1ccccc1. The molecule has 2 aromatic carbocycles. The number of carbonyl (C=O) groups excluding carboxylic acids is 1. The van der Waals surface area contributed by atoms with Crippen LogP contribution >= 0.6 is 0 Å². The number of ketones is 1. The second kappa shape index (κ2) is 6.16. The van der Waals surface area contributed by atoms with E-state index in [1.54, 1.807) is 12.1 Å². The van der Waals surface area contributed by atoms with Gasteiger partial charge in [0.25, 0.3) is 0 Å². The van der Waals surface area contributed by atoms with E-state index in [1.807, 2.05) is 49.4 Å². The van der Waals surface area contributed by atoms with Gasteiger partial charge in [-0.3, -0.25) is 4.79 Å². The summed E-state index contributed by atoms with van der Waals surface area (Å²) in [6, 6.07) is 15.7. The molecule has 1 unspecified atom stereocenters. The molecular formula is C16H17NO2. The van der Waals surface area contributed by atoms with E-state index in [1.165, 1.54) is 0 Å². The standard InChI is InChI=1S/C16H17NO2/c1-2-19-14-11-7-6-10-13(14)15(17)16(18)12-8-4-3-5-9-12/h3-11,15H,2,17H2,1H3. The van der Waals surface area contributed by atoms with E-state index < -0.39 is 6.04 Å². The molecule has 3 heteroatoms. The molecule has 0 aliphatic rings. The number of benzene rings is 2. The fraction of sp³-hybridized carbons (Fsp3) is 0.188. The molecule has 0 amide bonds. The van der Waals surface area contributed by atoms with Crippen molar-refractivity contribution < 1.29 is 9.53 Å². The summed E-state index contributed by atoms with van der Waals surface area (Å²) in [4.78, 5) is 12.3. The normalized spacial score (nSPS) is 11.9. The predicted octanol–water partition coefficient (Wildman–Crippen LogP) is 2.97. The van der Waals surface area contributed by atoms with Crippen molar-refractivity contribution in [3.8, 4) is 5.75 Å². The third-order valence-electron chi connectivity index (χ3n) is 2.89. The van der Waals surface area contributed by atoms with Gasteiger partial charge in [-0.15, -0.1) is 0 Å². The Hall–Kier alpha value is -2.13. The highest BCUT2D eigenvalue weighted by Gasteiger charge is 2.20. The van der Waals surface area contributed by atoms with Gasteiger partial charge in [-0.1, -0.05) is 48.5 Å². The van der Waals surface area contributed by atoms with Crippen LogP contribution in [0.2, 0.25) is 0 Å². The first-order chi connectivity index (χ1) is 9.24. The number of ether oxygens (including phenoxy) is 1. The van der Waals surface area contributed by atoms with Crippen LogP contribution in [0.1, 0.15) is 28.9 Å². The summed E-state index contributed by atoms with van der Waals surface area (Å²) >= 11 is 0. The summed E-state index contributed by atoms with van der Waals surface area (Å²) in [5.74, 6) is 0.564. The molecule has 2 rings (SSSR count). The summed E-state index contributed by atoms with van der Waals surface area (Å²) in [7, 11) is 0. The Morgan fingerprint density at radius 3 is 2.42 bits per heavy atom. The molecule has 0 radical (unpaired) electrons. The lowest BCUT2D eigenvalue weighted by atomic mass is 9.97. The molecular weight excluding hydrogens is 238 g/mol. The van der Waals surface area contributed by atoms with Gasteiger partial charge >= 0.3 is 0 Å². The molecule has 0 bridgehead atoms. The Morgan fingerprint density at radius 1 is 1.11 bits per heavy atom. The summed E-state index contributed by atoms with van der Waals surface area (Å²) in [5, 5.41) is 0. The van der Waals surface area contributed by atoms with E-state index >= 15 is 0 Å². The maximum atomic E-state index is 12.3. The van der Waals surface area contributed by atoms with Crippen LogP contribution in [-0.2, 0) is 0 Å². The van der Waals surface area contributed by atoms with Gasteiger partial charge in [-0.2, -0.15) is 0 Å². The first kappa shape index (κ1) is 13.3. The zero-order chi connectivity index (χ0) is 13.7. The van der Waals surface area contributed by atoms with Crippen molar-refractivity contribution in [2.45, 2.75) is 13.0 Å². The van der Waals surface area contributed by atoms with Gasteiger partial charge in [0.15, 0.2) is 5.78 Å². The Balaban J connectivity index is 2.29. The van der Waals surface area contributed by atoms with Gasteiger partial charge in [-0.25, -0.2) is 0 Å². The monoisotopic (exact) mass is 255 g/mol. The Bertz CT molecular complexity index is 552. The van der Waals surface area contributed by atoms with Crippen LogP contribution in [0.3, 0.4) is 0 Å². The lowest BCUT2D eigenvalue weighted by Gasteiger charge is -2.15. The maximum Gasteiger partial charge on any atom is 0.184 e. The van der Waals surface area contributed by atoms with Crippen LogP contribution in [0.5, 0.6) is 5.75 Å². The highest BCUT2D eigenvalue weighted by atomic mass is 16.5. The molecule has 0 saturated heterocycles. The van der Waals surface area contributed by atoms with Crippen LogP contribution < -0.4 is 10.5 Å². The zero-order valence-electron chi connectivity index (χ0n) is 10.9. The van der Waals surface area contributed by atoms with Crippen molar-refractivity contribution in [2.75, 3.05) is 6.61 Å². The molecule has 0 spiro atoms. The minimum absolute atomic E-state index is 0.104. The minimum atomic E-state index is -0.704. The van der Waals surface area contributed by atoms with Crippen LogP contribution in [-0.4, -0.2) is 12.4 Å². The first-order valence-electron chi connectivity index (χ1n) is 6.30. The molecule has 0 aromatic heterocycles. The van der Waals surface area contributed by atoms with Crippen LogP contribution in [0.15, 0.2) is 54.6 Å². The van der Waals surface area contributed by atoms with Crippen LogP contribution in [0, 0.1) is 0 Å². The Labute approximate surface area is 113 Å². The predicted molar refractivity (Wildman–Crippen MR) is 75.3 cm³/mol. The Kier molecular flexibility index (Phi) is 4.31. The smallest absolute Gasteiger partial charge is 0.184 e. The number of hydrogen-bond acceptors (Lipinski definition) is 3. The highest BCUT2D eigenvalue weighted by Crippen LogP contribution is 2.26. The van der Waals surface area contributed by atoms with E-state index in [2.05, 4.69) is 0 Å². The number of Topliss-reactive ketones (excluding diaryl/α,β-unsaturated/α-hetero) is 1. The summed E-state index contributed by atoms with van der Waals surface area (Å²) < 4.78 is 5.51. The van der Waals surface area contributed by atoms with E-state index in [4.69, 9.17) is 10.5 Å². The maximum absolute atomic E-state index is 12.3. The molecule has 19 heavy (non-hydrogen) atoms. The van der Waals surface area contributed by atoms with Crippen LogP contribution in [0.25, 0.3) is 0 Å². The molecule has 0 saturated carbocycles. The Morgan fingerprint density at radius 2 is 1.74 bits per heavy atom. The molecule has 0 heterocycles. The van der Waals surface area contributed by atoms with Gasteiger partial charge < -0.3 is 10.5 Å². The van der Waals surface area contributed by atoms with E-state index in [9.17, 15) is 4.79 Å². The van der Waals surface area contributed by atoms with Gasteiger partial charge in [0, 0.05) is 11.1 Å². The van der Waals surface area contributed by atoms with Gasteiger partial charge in [0.1, 0.15) is 5.75 Å². The van der Waals surface area contributed by atoms with Crippen molar-refractivity contribution in [1.29, 1.82) is 0 Å². The molecule has 0 fully saturated rings. The summed E-state index contributed by atoms with van der Waals surface area (Å²) in [5.41, 5.74) is 7.40. The third kappa shape index (κ3) is 3.01. The first-order valence-corrected chi connectivity index (χ1v) is 6.30. The van der Waals surface area contributed by atoms with E-state index in [0.717, 1.165) is 5.56 Å². The lowest BCUT2D eigenvalue weighted by Crippen LogP contribution is -2.22. The molecule has 0 aliphatic carbocycles. The molecule has 98 valence electrons. The van der Waals surface area contributed by atoms with Gasteiger partial charge in [0.2, 0.25) is 0 Å². The van der Waals surface area contributed by atoms with Crippen molar-refractivity contribution in [3.05, 3.63) is 65.7 Å². The lowest BCUT2D eigenvalue weighted by molar-refractivity contribution is 0.0959. The van der Waals surface area contributed by atoms with Crippen molar-refractivity contribution in [3.63, 3.8) is 0 Å². The third-order valence-corrected chi connectivity index (χ3v) is 2.89. The molecule has 2 N–H and O–H groups in total. The average Bonchev–Trinajstić information content (AvgIpc) is 2.47. The van der Waals surface area contributed by atoms with Gasteiger partial charge in [0.05, 0.1) is 12.6 Å². The quantitative estimate of drug-likeness (QED) is 0.836. The fourth-order valence-corrected chi connectivity index (χ4v) is 1.95. The number of nitrogens with two attached hydrogens (primary N) is 1. The second-order valence-electron chi connectivity index (χ2n) is 4.18. The number of hydrogen-bond donors (Lipinski definition) is 1. The van der Waals surface area contributed by atoms with E-state index in [-0.39, 0.29) is 5.78 Å². The van der Waals surface area contributed by atoms with Crippen LogP contribution in [0.4, 0.5) is 0 Å². The van der Waals surface area contributed by atoms with Crippen molar-refractivity contribution >= 4 is 5.78 Å². The molecule has 0 aliphatic heterocycles. The molecule has 3 nitrogen and oxygen atoms in total. The van der Waals surface area contributed by atoms with Gasteiger partial charge in [-0.05, 0) is 13.0 Å². The summed E-state index contributed by atoms with van der Waals surface area (Å²) in [6.45, 7) is 2.45. The van der Waals surface area contributed by atoms with Crippen molar-refractivity contribution in [2.24, 2.45) is 5.73 Å². The summed E-state index contributed by atoms with van der Waals surface area (Å²) in [6.07, 6.45) is 0. The largest absolute Gasteiger partial charge is 0.494 e. The average molecular weight is 255 g/mol. The minimum Gasteiger partial charge on any atom is -0.494 e. The second-order valence-corrected chi connectivity index (χ2v) is 4.18.